The minimum Gasteiger partial charge on any atom is -0.325 e. The Bertz CT molecular complexity index is 686. The molecule has 0 saturated heterocycles. The van der Waals surface area contributed by atoms with Crippen LogP contribution in [0.15, 0.2) is 41.8 Å². The number of carbonyl (C=O) groups excluding carboxylic acids is 1. The average Bonchev–Trinajstić information content (AvgIpc) is 2.98. The normalized spacial score (nSPS) is 14.1. The van der Waals surface area contributed by atoms with E-state index in [1.807, 2.05) is 31.4 Å². The molecule has 2 rings (SSSR count). The van der Waals surface area contributed by atoms with Gasteiger partial charge in [-0.25, -0.2) is 0 Å². The Hall–Kier alpha value is -1.86. The van der Waals surface area contributed by atoms with Crippen LogP contribution >= 0.6 is 11.3 Å². The lowest BCUT2D eigenvalue weighted by Crippen LogP contribution is -2.38. The second-order valence-electron chi connectivity index (χ2n) is 6.05. The number of halogens is 3. The quantitative estimate of drug-likeness (QED) is 0.741. The average molecular weight is 370 g/mol. The number of para-hydroxylation sites is 1. The first-order chi connectivity index (χ1) is 11.8. The number of nitrogens with one attached hydrogen (secondary N) is 2. The van der Waals surface area contributed by atoms with Crippen molar-refractivity contribution in [3.63, 3.8) is 0 Å². The van der Waals surface area contributed by atoms with Crippen LogP contribution in [0.3, 0.4) is 0 Å². The largest absolute Gasteiger partial charge is 0.418 e. The molecule has 136 valence electrons. The van der Waals surface area contributed by atoms with Gasteiger partial charge >= 0.3 is 6.18 Å². The highest BCUT2D eigenvalue weighted by molar-refractivity contribution is 7.09. The maximum Gasteiger partial charge on any atom is 0.418 e. The number of benzene rings is 1. The van der Waals surface area contributed by atoms with Gasteiger partial charge in [0.15, 0.2) is 0 Å². The van der Waals surface area contributed by atoms with Crippen LogP contribution in [0, 0.1) is 0 Å². The van der Waals surface area contributed by atoms with Crippen molar-refractivity contribution in [1.82, 2.24) is 5.32 Å². The van der Waals surface area contributed by atoms with Crippen LogP contribution in [0.5, 0.6) is 0 Å². The molecule has 0 aliphatic heterocycles. The molecule has 1 heterocycles. The van der Waals surface area contributed by atoms with Crippen molar-refractivity contribution in [2.45, 2.75) is 44.9 Å². The van der Waals surface area contributed by atoms with Gasteiger partial charge in [-0.3, -0.25) is 4.79 Å². The fraction of sp³-hybridized carbons (Fsp3) is 0.389. The molecule has 3 nitrogen and oxygen atoms in total. The monoisotopic (exact) mass is 370 g/mol. The first kappa shape index (κ1) is 19.5. The van der Waals surface area contributed by atoms with E-state index < -0.39 is 17.6 Å². The van der Waals surface area contributed by atoms with Crippen LogP contribution in [0.2, 0.25) is 0 Å². The SMILES string of the molecule is CC(CC(=O)Nc1ccccc1C(F)(F)F)NC(C)Cc1cccs1. The first-order valence-electron chi connectivity index (χ1n) is 8.00. The van der Waals surface area contributed by atoms with Crippen molar-refractivity contribution in [1.29, 1.82) is 0 Å². The zero-order valence-electron chi connectivity index (χ0n) is 14.1. The third kappa shape index (κ3) is 6.17. The van der Waals surface area contributed by atoms with Crippen LogP contribution in [0.4, 0.5) is 18.9 Å². The summed E-state index contributed by atoms with van der Waals surface area (Å²) in [6.07, 6.45) is -3.55. The predicted molar refractivity (Wildman–Crippen MR) is 94.8 cm³/mol. The second-order valence-corrected chi connectivity index (χ2v) is 7.08. The van der Waals surface area contributed by atoms with E-state index in [9.17, 15) is 18.0 Å². The lowest BCUT2D eigenvalue weighted by molar-refractivity contribution is -0.137. The Morgan fingerprint density at radius 3 is 2.48 bits per heavy atom. The van der Waals surface area contributed by atoms with E-state index in [4.69, 9.17) is 0 Å². The number of hydrogen-bond acceptors (Lipinski definition) is 3. The van der Waals surface area contributed by atoms with E-state index in [0.29, 0.717) is 0 Å². The molecule has 0 spiro atoms. The van der Waals surface area contributed by atoms with Gasteiger partial charge in [0, 0.05) is 23.4 Å². The molecule has 2 unspecified atom stereocenters. The van der Waals surface area contributed by atoms with Crippen molar-refractivity contribution in [2.24, 2.45) is 0 Å². The van der Waals surface area contributed by atoms with Gasteiger partial charge in [0.25, 0.3) is 0 Å². The molecule has 0 aliphatic carbocycles. The van der Waals surface area contributed by atoms with Gasteiger partial charge in [0.05, 0.1) is 11.3 Å². The van der Waals surface area contributed by atoms with Gasteiger partial charge in [0.1, 0.15) is 0 Å². The number of thiophene rings is 1. The Kier molecular flexibility index (Phi) is 6.61. The minimum atomic E-state index is -4.50. The molecule has 7 heteroatoms. The molecule has 0 saturated carbocycles. The van der Waals surface area contributed by atoms with E-state index in [2.05, 4.69) is 10.6 Å². The number of anilines is 1. The summed E-state index contributed by atoms with van der Waals surface area (Å²) in [5.41, 5.74) is -1.05. The van der Waals surface area contributed by atoms with Crippen LogP contribution in [-0.4, -0.2) is 18.0 Å². The molecule has 1 aromatic heterocycles. The lowest BCUT2D eigenvalue weighted by atomic mass is 10.1. The second kappa shape index (κ2) is 8.49. The first-order valence-corrected chi connectivity index (χ1v) is 8.88. The Morgan fingerprint density at radius 2 is 1.84 bits per heavy atom. The molecular weight excluding hydrogens is 349 g/mol. The Labute approximate surface area is 149 Å². The summed E-state index contributed by atoms with van der Waals surface area (Å²) in [7, 11) is 0. The van der Waals surface area contributed by atoms with Gasteiger partial charge in [0.2, 0.25) is 5.91 Å². The summed E-state index contributed by atoms with van der Waals surface area (Å²) >= 11 is 1.67. The molecule has 0 bridgehead atoms. The van der Waals surface area contributed by atoms with Crippen molar-refractivity contribution < 1.29 is 18.0 Å². The van der Waals surface area contributed by atoms with Gasteiger partial charge in [-0.15, -0.1) is 11.3 Å². The third-order valence-corrected chi connectivity index (χ3v) is 4.55. The zero-order valence-corrected chi connectivity index (χ0v) is 14.9. The maximum absolute atomic E-state index is 13.0. The molecule has 2 N–H and O–H groups in total. The molecular formula is C18H21F3N2OS. The van der Waals surface area contributed by atoms with Crippen LogP contribution in [0.1, 0.15) is 30.7 Å². The molecule has 2 aromatic rings. The maximum atomic E-state index is 13.0. The third-order valence-electron chi connectivity index (χ3n) is 3.65. The summed E-state index contributed by atoms with van der Waals surface area (Å²) in [4.78, 5) is 13.3. The molecule has 1 amide bonds. The number of rotatable bonds is 7. The van der Waals surface area contributed by atoms with E-state index in [0.717, 1.165) is 12.5 Å². The fourth-order valence-electron chi connectivity index (χ4n) is 2.65. The van der Waals surface area contributed by atoms with E-state index in [1.165, 1.54) is 23.1 Å². The van der Waals surface area contributed by atoms with Crippen LogP contribution in [0.25, 0.3) is 0 Å². The molecule has 2 atom stereocenters. The van der Waals surface area contributed by atoms with E-state index in [-0.39, 0.29) is 24.2 Å². The van der Waals surface area contributed by atoms with Gasteiger partial charge in [-0.05, 0) is 43.8 Å². The van der Waals surface area contributed by atoms with Crippen molar-refractivity contribution in [3.05, 3.63) is 52.2 Å². The van der Waals surface area contributed by atoms with E-state index in [1.54, 1.807) is 11.3 Å². The fourth-order valence-corrected chi connectivity index (χ4v) is 3.49. The number of hydrogen-bond donors (Lipinski definition) is 2. The smallest absolute Gasteiger partial charge is 0.325 e. The highest BCUT2D eigenvalue weighted by Gasteiger charge is 2.33. The summed E-state index contributed by atoms with van der Waals surface area (Å²) in [6, 6.07) is 9.05. The summed E-state index contributed by atoms with van der Waals surface area (Å²) in [6.45, 7) is 3.87. The minimum absolute atomic E-state index is 0.0982. The number of amides is 1. The topological polar surface area (TPSA) is 41.1 Å². The van der Waals surface area contributed by atoms with Crippen molar-refractivity contribution >= 4 is 22.9 Å². The highest BCUT2D eigenvalue weighted by Crippen LogP contribution is 2.34. The predicted octanol–water partition coefficient (Wildman–Crippen LogP) is 4.70. The van der Waals surface area contributed by atoms with Crippen molar-refractivity contribution in [2.75, 3.05) is 5.32 Å². The van der Waals surface area contributed by atoms with Crippen molar-refractivity contribution in [3.8, 4) is 0 Å². The molecule has 0 fully saturated rings. The lowest BCUT2D eigenvalue weighted by Gasteiger charge is -2.20. The van der Waals surface area contributed by atoms with Gasteiger partial charge in [-0.2, -0.15) is 13.2 Å². The number of carbonyl (C=O) groups is 1. The summed E-state index contributed by atoms with van der Waals surface area (Å²) in [5.74, 6) is -0.444. The Morgan fingerprint density at radius 1 is 1.12 bits per heavy atom. The standard InChI is InChI=1S/C18H21F3N2OS/c1-12(10-14-6-5-9-25-14)22-13(2)11-17(24)23-16-8-4-3-7-15(16)18(19,20)21/h3-9,12-13,22H,10-11H2,1-2H3,(H,23,24). The zero-order chi connectivity index (χ0) is 18.4. The molecule has 0 aliphatic rings. The number of alkyl halides is 3. The van der Waals surface area contributed by atoms with Crippen LogP contribution in [-0.2, 0) is 17.4 Å². The Balaban J connectivity index is 1.87. The van der Waals surface area contributed by atoms with Crippen LogP contribution < -0.4 is 10.6 Å². The molecule has 25 heavy (non-hydrogen) atoms. The van der Waals surface area contributed by atoms with Gasteiger partial charge < -0.3 is 10.6 Å². The molecule has 1 aromatic carbocycles. The highest BCUT2D eigenvalue weighted by atomic mass is 32.1. The summed E-state index contributed by atoms with van der Waals surface area (Å²) < 4.78 is 38.9. The molecule has 0 radical (unpaired) electrons. The van der Waals surface area contributed by atoms with Gasteiger partial charge in [-0.1, -0.05) is 18.2 Å². The van der Waals surface area contributed by atoms with E-state index >= 15 is 0 Å². The summed E-state index contributed by atoms with van der Waals surface area (Å²) in [5, 5.41) is 7.68.